The maximum atomic E-state index is 6.30. The minimum atomic E-state index is -0.0800. The molecule has 0 amide bonds. The van der Waals surface area contributed by atoms with Crippen molar-refractivity contribution in [3.8, 4) is 5.75 Å². The fourth-order valence-electron chi connectivity index (χ4n) is 2.25. The summed E-state index contributed by atoms with van der Waals surface area (Å²) in [6.07, 6.45) is 1.76. The van der Waals surface area contributed by atoms with Gasteiger partial charge >= 0.3 is 0 Å². The van der Waals surface area contributed by atoms with Gasteiger partial charge < -0.3 is 10.1 Å². The molecule has 4 heteroatoms. The topological polar surface area (TPSA) is 34.1 Å². The maximum absolute atomic E-state index is 6.30. The summed E-state index contributed by atoms with van der Waals surface area (Å²) in [5.74, 6) is 0.836. The molecule has 1 N–H and O–H groups in total. The van der Waals surface area contributed by atoms with Gasteiger partial charge in [0, 0.05) is 11.8 Å². The highest BCUT2D eigenvalue weighted by atomic mass is 35.5. The summed E-state index contributed by atoms with van der Waals surface area (Å²) in [7, 11) is 1.68. The molecule has 0 aliphatic heterocycles. The van der Waals surface area contributed by atoms with Gasteiger partial charge in [0.15, 0.2) is 0 Å². The summed E-state index contributed by atoms with van der Waals surface area (Å²) in [5.41, 5.74) is 3.05. The molecule has 1 heterocycles. The molecule has 1 atom stereocenters. The number of nitrogens with zero attached hydrogens (tertiary/aromatic N) is 1. The first-order chi connectivity index (χ1) is 9.67. The molecule has 0 aliphatic rings. The fraction of sp³-hybridized carbons (Fsp3) is 0.312. The summed E-state index contributed by atoms with van der Waals surface area (Å²) >= 11 is 6.30. The number of ether oxygens (including phenoxy) is 1. The summed E-state index contributed by atoms with van der Waals surface area (Å²) in [4.78, 5) is 4.43. The standard InChI is InChI=1S/C16H19ClN2O/c1-4-18-15(16-13(17)6-5-9-19-16)12-10-11(2)7-8-14(12)20-3/h5-10,15,18H,4H2,1-3H3. The van der Waals surface area contributed by atoms with Gasteiger partial charge in [0.05, 0.1) is 23.9 Å². The van der Waals surface area contributed by atoms with Gasteiger partial charge in [0.2, 0.25) is 0 Å². The SMILES string of the molecule is CCNC(c1cc(C)ccc1OC)c1ncccc1Cl. The fourth-order valence-corrected chi connectivity index (χ4v) is 2.48. The van der Waals surface area contributed by atoms with Crippen LogP contribution in [0.15, 0.2) is 36.5 Å². The second kappa shape index (κ2) is 6.73. The first-order valence-corrected chi connectivity index (χ1v) is 7.03. The molecule has 106 valence electrons. The van der Waals surface area contributed by atoms with E-state index in [1.807, 2.05) is 24.3 Å². The van der Waals surface area contributed by atoms with Crippen molar-refractivity contribution >= 4 is 11.6 Å². The Morgan fingerprint density at radius 2 is 2.15 bits per heavy atom. The lowest BCUT2D eigenvalue weighted by atomic mass is 9.99. The third-order valence-electron chi connectivity index (χ3n) is 3.16. The van der Waals surface area contributed by atoms with Gasteiger partial charge in [-0.25, -0.2) is 0 Å². The van der Waals surface area contributed by atoms with Gasteiger partial charge in [-0.3, -0.25) is 4.98 Å². The summed E-state index contributed by atoms with van der Waals surface area (Å²) in [6.45, 7) is 4.94. The highest BCUT2D eigenvalue weighted by Crippen LogP contribution is 2.32. The van der Waals surface area contributed by atoms with E-state index in [-0.39, 0.29) is 6.04 Å². The molecule has 20 heavy (non-hydrogen) atoms. The molecule has 0 aliphatic carbocycles. The normalized spacial score (nSPS) is 12.2. The zero-order valence-electron chi connectivity index (χ0n) is 12.0. The van der Waals surface area contributed by atoms with Gasteiger partial charge in [-0.1, -0.05) is 36.2 Å². The zero-order valence-corrected chi connectivity index (χ0v) is 12.7. The quantitative estimate of drug-likeness (QED) is 0.910. The monoisotopic (exact) mass is 290 g/mol. The third kappa shape index (κ3) is 3.11. The second-order valence-electron chi connectivity index (χ2n) is 4.61. The van der Waals surface area contributed by atoms with Gasteiger partial charge in [-0.2, -0.15) is 0 Å². The number of rotatable bonds is 5. The molecule has 2 rings (SSSR count). The highest BCUT2D eigenvalue weighted by molar-refractivity contribution is 6.31. The van der Waals surface area contributed by atoms with Crippen LogP contribution in [0.4, 0.5) is 0 Å². The van der Waals surface area contributed by atoms with Crippen LogP contribution in [0.2, 0.25) is 5.02 Å². The molecule has 1 aromatic carbocycles. The van der Waals surface area contributed by atoms with E-state index in [2.05, 4.69) is 30.2 Å². The summed E-state index contributed by atoms with van der Waals surface area (Å²) in [5, 5.41) is 4.09. The van der Waals surface area contributed by atoms with Crippen molar-refractivity contribution in [3.05, 3.63) is 58.4 Å². The number of methoxy groups -OCH3 is 1. The van der Waals surface area contributed by atoms with Crippen molar-refractivity contribution in [1.82, 2.24) is 10.3 Å². The number of hydrogen-bond donors (Lipinski definition) is 1. The minimum Gasteiger partial charge on any atom is -0.496 e. The van der Waals surface area contributed by atoms with E-state index in [9.17, 15) is 0 Å². The average molecular weight is 291 g/mol. The lowest BCUT2D eigenvalue weighted by molar-refractivity contribution is 0.403. The predicted octanol–water partition coefficient (Wildman–Crippen LogP) is 3.75. The number of benzene rings is 1. The van der Waals surface area contributed by atoms with Crippen LogP contribution in [0.25, 0.3) is 0 Å². The summed E-state index contributed by atoms with van der Waals surface area (Å²) < 4.78 is 5.48. The molecule has 0 spiro atoms. The lowest BCUT2D eigenvalue weighted by Gasteiger charge is -2.21. The van der Waals surface area contributed by atoms with Crippen LogP contribution < -0.4 is 10.1 Å². The molecule has 0 bridgehead atoms. The Labute approximate surface area is 124 Å². The zero-order chi connectivity index (χ0) is 14.5. The van der Waals surface area contributed by atoms with E-state index >= 15 is 0 Å². The average Bonchev–Trinajstić information content (AvgIpc) is 2.46. The maximum Gasteiger partial charge on any atom is 0.124 e. The van der Waals surface area contributed by atoms with Crippen LogP contribution in [0.3, 0.4) is 0 Å². The predicted molar refractivity (Wildman–Crippen MR) is 82.5 cm³/mol. The van der Waals surface area contributed by atoms with Crippen molar-refractivity contribution in [2.45, 2.75) is 19.9 Å². The first kappa shape index (κ1) is 14.8. The molecule has 0 fully saturated rings. The van der Waals surface area contributed by atoms with Crippen molar-refractivity contribution in [2.24, 2.45) is 0 Å². The number of aromatic nitrogens is 1. The molecular formula is C16H19ClN2O. The van der Waals surface area contributed by atoms with Gasteiger partial charge in [-0.05, 0) is 31.7 Å². The molecule has 0 saturated carbocycles. The Morgan fingerprint density at radius 1 is 1.35 bits per heavy atom. The molecule has 2 aromatic rings. The van der Waals surface area contributed by atoms with Crippen LogP contribution in [-0.2, 0) is 0 Å². The molecule has 0 saturated heterocycles. The number of aryl methyl sites for hydroxylation is 1. The number of halogens is 1. The van der Waals surface area contributed by atoms with Crippen molar-refractivity contribution < 1.29 is 4.74 Å². The Kier molecular flexibility index (Phi) is 4.99. The van der Waals surface area contributed by atoms with E-state index in [4.69, 9.17) is 16.3 Å². The van der Waals surface area contributed by atoms with Gasteiger partial charge in [0.25, 0.3) is 0 Å². The summed E-state index contributed by atoms with van der Waals surface area (Å²) in [6, 6.07) is 9.73. The van der Waals surface area contributed by atoms with E-state index < -0.39 is 0 Å². The van der Waals surface area contributed by atoms with Crippen LogP contribution in [-0.4, -0.2) is 18.6 Å². The Bertz CT molecular complexity index is 586. The van der Waals surface area contributed by atoms with Crippen molar-refractivity contribution in [2.75, 3.05) is 13.7 Å². The molecular weight excluding hydrogens is 272 g/mol. The number of nitrogens with one attached hydrogen (secondary N) is 1. The molecule has 1 aromatic heterocycles. The van der Waals surface area contributed by atoms with E-state index in [1.54, 1.807) is 13.3 Å². The van der Waals surface area contributed by atoms with E-state index in [1.165, 1.54) is 5.56 Å². The van der Waals surface area contributed by atoms with Gasteiger partial charge in [-0.15, -0.1) is 0 Å². The Balaban J connectivity index is 2.54. The van der Waals surface area contributed by atoms with Crippen LogP contribution in [0.5, 0.6) is 5.75 Å². The molecule has 0 radical (unpaired) electrons. The van der Waals surface area contributed by atoms with Crippen molar-refractivity contribution in [1.29, 1.82) is 0 Å². The molecule has 1 unspecified atom stereocenters. The Hall–Kier alpha value is -1.58. The van der Waals surface area contributed by atoms with Crippen molar-refractivity contribution in [3.63, 3.8) is 0 Å². The van der Waals surface area contributed by atoms with Crippen LogP contribution in [0.1, 0.15) is 29.8 Å². The lowest BCUT2D eigenvalue weighted by Crippen LogP contribution is -2.24. The third-order valence-corrected chi connectivity index (χ3v) is 3.48. The van der Waals surface area contributed by atoms with E-state index in [0.29, 0.717) is 5.02 Å². The molecule has 3 nitrogen and oxygen atoms in total. The van der Waals surface area contributed by atoms with Gasteiger partial charge in [0.1, 0.15) is 5.75 Å². The van der Waals surface area contributed by atoms with E-state index in [0.717, 1.165) is 23.6 Å². The second-order valence-corrected chi connectivity index (χ2v) is 5.01. The smallest absolute Gasteiger partial charge is 0.124 e. The first-order valence-electron chi connectivity index (χ1n) is 6.65. The number of hydrogen-bond acceptors (Lipinski definition) is 3. The van der Waals surface area contributed by atoms with Crippen LogP contribution in [0, 0.1) is 6.92 Å². The number of pyridine rings is 1. The largest absolute Gasteiger partial charge is 0.496 e. The highest BCUT2D eigenvalue weighted by Gasteiger charge is 2.21. The minimum absolute atomic E-state index is 0.0800. The van der Waals surface area contributed by atoms with Crippen LogP contribution >= 0.6 is 11.6 Å². The Morgan fingerprint density at radius 3 is 2.80 bits per heavy atom.